The average molecular weight is 432 g/mol. The van der Waals surface area contributed by atoms with Gasteiger partial charge in [0.05, 0.1) is 5.01 Å². The van der Waals surface area contributed by atoms with Crippen molar-refractivity contribution in [2.24, 2.45) is 0 Å². The van der Waals surface area contributed by atoms with Crippen molar-refractivity contribution in [2.75, 3.05) is 7.05 Å². The minimum atomic E-state index is -0.240. The molecule has 27 heavy (non-hydrogen) atoms. The van der Waals surface area contributed by atoms with Crippen LogP contribution in [0.25, 0.3) is 0 Å². The molecule has 0 spiro atoms. The second kappa shape index (κ2) is 9.32. The Hall–Kier alpha value is -1.21. The standard InChI is InChI=1S/C19H22FN3OS.2ClH/c1-23(16-9-14-6-7-15(10-16)21-14)19(24)17-11-25-18(22-17)8-12-2-4-13(20)5-3-12;;/h2-5,11,14-16,21H,6-10H2,1H3;2*1H. The zero-order valence-corrected chi connectivity index (χ0v) is 17.5. The molecule has 0 radical (unpaired) electrons. The molecule has 1 amide bonds. The third-order valence-corrected chi connectivity index (χ3v) is 6.20. The molecule has 0 saturated carbocycles. The number of nitrogens with one attached hydrogen (secondary N) is 1. The monoisotopic (exact) mass is 431 g/mol. The number of amides is 1. The van der Waals surface area contributed by atoms with Gasteiger partial charge in [0.25, 0.3) is 5.91 Å². The molecule has 2 saturated heterocycles. The molecule has 2 aliphatic heterocycles. The second-order valence-electron chi connectivity index (χ2n) is 7.11. The zero-order chi connectivity index (χ0) is 17.4. The van der Waals surface area contributed by atoms with Gasteiger partial charge in [-0.25, -0.2) is 9.37 Å². The van der Waals surface area contributed by atoms with Crippen LogP contribution in [0.15, 0.2) is 29.6 Å². The summed E-state index contributed by atoms with van der Waals surface area (Å²) in [6, 6.07) is 7.84. The lowest BCUT2D eigenvalue weighted by Gasteiger charge is -2.35. The number of carbonyl (C=O) groups excluding carboxylic acids is 1. The number of hydrogen-bond acceptors (Lipinski definition) is 4. The van der Waals surface area contributed by atoms with Crippen LogP contribution in [0.4, 0.5) is 4.39 Å². The molecule has 2 bridgehead atoms. The summed E-state index contributed by atoms with van der Waals surface area (Å²) < 4.78 is 13.0. The Balaban J connectivity index is 0.00000131. The topological polar surface area (TPSA) is 45.2 Å². The van der Waals surface area contributed by atoms with Crippen molar-refractivity contribution < 1.29 is 9.18 Å². The molecule has 2 unspecified atom stereocenters. The van der Waals surface area contributed by atoms with E-state index in [1.165, 1.54) is 36.3 Å². The predicted octanol–water partition coefficient (Wildman–Crippen LogP) is 4.07. The number of aromatic nitrogens is 1. The van der Waals surface area contributed by atoms with Gasteiger partial charge in [-0.2, -0.15) is 0 Å². The molecule has 0 aliphatic carbocycles. The van der Waals surface area contributed by atoms with Crippen molar-refractivity contribution in [1.82, 2.24) is 15.2 Å². The van der Waals surface area contributed by atoms with E-state index in [0.29, 0.717) is 30.2 Å². The Bertz CT molecular complexity index is 759. The molecule has 148 valence electrons. The molecule has 4 rings (SSSR count). The summed E-state index contributed by atoms with van der Waals surface area (Å²) in [5.74, 6) is -0.232. The third-order valence-electron chi connectivity index (χ3n) is 5.36. The van der Waals surface area contributed by atoms with Crippen molar-refractivity contribution in [3.8, 4) is 0 Å². The summed E-state index contributed by atoms with van der Waals surface area (Å²) in [5, 5.41) is 6.33. The number of fused-ring (bicyclic) bond motifs is 2. The fourth-order valence-electron chi connectivity index (χ4n) is 3.96. The van der Waals surface area contributed by atoms with E-state index in [1.54, 1.807) is 12.1 Å². The number of rotatable bonds is 4. The average Bonchev–Trinajstić information content (AvgIpc) is 3.22. The fourth-order valence-corrected chi connectivity index (χ4v) is 4.76. The molecule has 2 aromatic rings. The quantitative estimate of drug-likeness (QED) is 0.792. The van der Waals surface area contributed by atoms with Gasteiger partial charge < -0.3 is 10.2 Å². The minimum Gasteiger partial charge on any atom is -0.337 e. The number of benzene rings is 1. The molecule has 4 nitrogen and oxygen atoms in total. The lowest BCUT2D eigenvalue weighted by Crippen LogP contribution is -2.48. The van der Waals surface area contributed by atoms with E-state index in [-0.39, 0.29) is 36.5 Å². The van der Waals surface area contributed by atoms with Gasteiger partial charge in [0.1, 0.15) is 11.5 Å². The Kier molecular flexibility index (Phi) is 7.63. The van der Waals surface area contributed by atoms with Crippen LogP contribution < -0.4 is 5.32 Å². The molecule has 8 heteroatoms. The van der Waals surface area contributed by atoms with Gasteiger partial charge >= 0.3 is 0 Å². The summed E-state index contributed by atoms with van der Waals surface area (Å²) in [6.07, 6.45) is 5.14. The lowest BCUT2D eigenvalue weighted by atomic mass is 9.98. The van der Waals surface area contributed by atoms with Gasteiger partial charge in [-0.1, -0.05) is 12.1 Å². The van der Waals surface area contributed by atoms with Crippen LogP contribution in [-0.2, 0) is 6.42 Å². The molecule has 2 fully saturated rings. The maximum absolute atomic E-state index is 13.0. The highest BCUT2D eigenvalue weighted by Gasteiger charge is 2.36. The molecule has 3 heterocycles. The van der Waals surface area contributed by atoms with Gasteiger partial charge in [-0.05, 0) is 43.4 Å². The molecule has 2 aliphatic rings. The highest BCUT2D eigenvalue weighted by atomic mass is 35.5. The predicted molar refractivity (Wildman–Crippen MR) is 111 cm³/mol. The van der Waals surface area contributed by atoms with Gasteiger partial charge in [0, 0.05) is 37.0 Å². The first-order chi connectivity index (χ1) is 12.1. The highest BCUT2D eigenvalue weighted by molar-refractivity contribution is 7.09. The van der Waals surface area contributed by atoms with Crippen molar-refractivity contribution in [3.63, 3.8) is 0 Å². The van der Waals surface area contributed by atoms with Crippen LogP contribution in [0.3, 0.4) is 0 Å². The van der Waals surface area contributed by atoms with Crippen LogP contribution in [0.2, 0.25) is 0 Å². The smallest absolute Gasteiger partial charge is 0.273 e. The summed E-state index contributed by atoms with van der Waals surface area (Å²) >= 11 is 1.49. The number of hydrogen-bond donors (Lipinski definition) is 1. The molecule has 1 aromatic carbocycles. The second-order valence-corrected chi connectivity index (χ2v) is 8.05. The molecule has 1 aromatic heterocycles. The van der Waals surface area contributed by atoms with Crippen LogP contribution in [0.5, 0.6) is 0 Å². The van der Waals surface area contributed by atoms with Crippen LogP contribution in [0.1, 0.15) is 46.7 Å². The maximum atomic E-state index is 13.0. The first kappa shape index (κ1) is 22.1. The van der Waals surface area contributed by atoms with Gasteiger partial charge in [-0.3, -0.25) is 4.79 Å². The van der Waals surface area contributed by atoms with Crippen molar-refractivity contribution >= 4 is 42.1 Å². The lowest BCUT2D eigenvalue weighted by molar-refractivity contribution is 0.0676. The Morgan fingerprint density at radius 1 is 1.22 bits per heavy atom. The van der Waals surface area contributed by atoms with E-state index in [1.807, 2.05) is 17.3 Å². The number of halogens is 3. The summed E-state index contributed by atoms with van der Waals surface area (Å²) in [7, 11) is 1.90. The fraction of sp³-hybridized carbons (Fsp3) is 0.474. The van der Waals surface area contributed by atoms with Crippen LogP contribution in [-0.4, -0.2) is 41.0 Å². The number of nitrogens with zero attached hydrogens (tertiary/aromatic N) is 2. The SMILES string of the molecule is CN(C(=O)c1csc(Cc2ccc(F)cc2)n1)C1CC2CCC(C1)N2.Cl.Cl. The first-order valence-electron chi connectivity index (χ1n) is 8.80. The highest BCUT2D eigenvalue weighted by Crippen LogP contribution is 2.30. The van der Waals surface area contributed by atoms with E-state index in [4.69, 9.17) is 0 Å². The summed E-state index contributed by atoms with van der Waals surface area (Å²) in [6.45, 7) is 0. The molecular weight excluding hydrogens is 408 g/mol. The van der Waals surface area contributed by atoms with E-state index in [2.05, 4.69) is 10.3 Å². The van der Waals surface area contributed by atoms with Gasteiger partial charge in [0.2, 0.25) is 0 Å². The minimum absolute atomic E-state index is 0. The Labute approximate surface area is 175 Å². The Morgan fingerprint density at radius 2 is 1.85 bits per heavy atom. The zero-order valence-electron chi connectivity index (χ0n) is 15.1. The first-order valence-corrected chi connectivity index (χ1v) is 9.68. The normalized spacial score (nSPS) is 23.3. The van der Waals surface area contributed by atoms with Gasteiger partial charge in [0.15, 0.2) is 0 Å². The number of thiazole rings is 1. The summed E-state index contributed by atoms with van der Waals surface area (Å²) in [5.41, 5.74) is 1.52. The largest absolute Gasteiger partial charge is 0.337 e. The third kappa shape index (κ3) is 4.99. The van der Waals surface area contributed by atoms with Crippen molar-refractivity contribution in [1.29, 1.82) is 0 Å². The van der Waals surface area contributed by atoms with Crippen LogP contribution in [0, 0.1) is 5.82 Å². The van der Waals surface area contributed by atoms with E-state index in [9.17, 15) is 9.18 Å². The molecular formula is C19H24Cl2FN3OS. The van der Waals surface area contributed by atoms with E-state index < -0.39 is 0 Å². The number of piperidine rings is 1. The Morgan fingerprint density at radius 3 is 2.48 bits per heavy atom. The summed E-state index contributed by atoms with van der Waals surface area (Å²) in [4.78, 5) is 19.2. The van der Waals surface area contributed by atoms with E-state index >= 15 is 0 Å². The van der Waals surface area contributed by atoms with Crippen molar-refractivity contribution in [3.05, 3.63) is 51.7 Å². The van der Waals surface area contributed by atoms with E-state index in [0.717, 1.165) is 23.4 Å². The molecule has 1 N–H and O–H groups in total. The number of carbonyl (C=O) groups is 1. The van der Waals surface area contributed by atoms with Crippen LogP contribution >= 0.6 is 36.2 Å². The van der Waals surface area contributed by atoms with Gasteiger partial charge in [-0.15, -0.1) is 36.2 Å². The maximum Gasteiger partial charge on any atom is 0.273 e. The molecule has 2 atom stereocenters. The van der Waals surface area contributed by atoms with Crippen molar-refractivity contribution in [2.45, 2.75) is 50.2 Å².